The standard InChI is InChI=1S/C13H17N3O2S/c1-10(12-7-5-4-6-8-12)16(3)19(17,18)13-9-14-11(2)15-13/h4-10H,1-3H3,(H,14,15). The minimum absolute atomic E-state index is 0.121. The number of hydrogen-bond acceptors (Lipinski definition) is 3. The minimum atomic E-state index is -3.55. The number of benzene rings is 1. The van der Waals surface area contributed by atoms with Crippen LogP contribution in [0.15, 0.2) is 41.6 Å². The van der Waals surface area contributed by atoms with Crippen molar-refractivity contribution < 1.29 is 8.42 Å². The molecular weight excluding hydrogens is 262 g/mol. The van der Waals surface area contributed by atoms with Gasteiger partial charge in [-0.25, -0.2) is 13.4 Å². The molecule has 0 fully saturated rings. The van der Waals surface area contributed by atoms with Crippen molar-refractivity contribution in [2.24, 2.45) is 0 Å². The Labute approximate surface area is 113 Å². The van der Waals surface area contributed by atoms with Crippen molar-refractivity contribution in [3.8, 4) is 0 Å². The van der Waals surface area contributed by atoms with E-state index in [-0.39, 0.29) is 11.1 Å². The van der Waals surface area contributed by atoms with E-state index in [1.54, 1.807) is 14.0 Å². The van der Waals surface area contributed by atoms with Gasteiger partial charge in [-0.15, -0.1) is 0 Å². The topological polar surface area (TPSA) is 66.1 Å². The lowest BCUT2D eigenvalue weighted by molar-refractivity contribution is 0.397. The summed E-state index contributed by atoms with van der Waals surface area (Å²) < 4.78 is 26.2. The molecule has 0 amide bonds. The number of rotatable bonds is 4. The van der Waals surface area contributed by atoms with Crippen LogP contribution < -0.4 is 0 Å². The molecule has 2 rings (SSSR count). The van der Waals surface area contributed by atoms with Crippen molar-refractivity contribution in [2.75, 3.05) is 7.05 Å². The Bertz CT molecular complexity index is 650. The average molecular weight is 279 g/mol. The number of aromatic nitrogens is 2. The van der Waals surface area contributed by atoms with E-state index >= 15 is 0 Å². The molecule has 19 heavy (non-hydrogen) atoms. The van der Waals surface area contributed by atoms with Crippen LogP contribution in [0.3, 0.4) is 0 Å². The van der Waals surface area contributed by atoms with Gasteiger partial charge in [0.25, 0.3) is 10.0 Å². The van der Waals surface area contributed by atoms with E-state index in [2.05, 4.69) is 9.97 Å². The van der Waals surface area contributed by atoms with Gasteiger partial charge in [-0.1, -0.05) is 30.3 Å². The van der Waals surface area contributed by atoms with E-state index in [1.165, 1.54) is 10.5 Å². The van der Waals surface area contributed by atoms with Gasteiger partial charge < -0.3 is 4.98 Å². The van der Waals surface area contributed by atoms with Gasteiger partial charge in [0.15, 0.2) is 5.03 Å². The molecule has 6 heteroatoms. The van der Waals surface area contributed by atoms with Gasteiger partial charge >= 0.3 is 0 Å². The summed E-state index contributed by atoms with van der Waals surface area (Å²) in [5.41, 5.74) is 0.949. The molecule has 0 bridgehead atoms. The first-order valence-corrected chi connectivity index (χ1v) is 7.41. The van der Waals surface area contributed by atoms with Gasteiger partial charge in [0.1, 0.15) is 5.82 Å². The Hall–Kier alpha value is -1.66. The van der Waals surface area contributed by atoms with Crippen molar-refractivity contribution in [3.05, 3.63) is 47.9 Å². The highest BCUT2D eigenvalue weighted by Gasteiger charge is 2.27. The lowest BCUT2D eigenvalue weighted by Gasteiger charge is -2.23. The van der Waals surface area contributed by atoms with E-state index in [1.807, 2.05) is 37.3 Å². The molecule has 0 spiro atoms. The third-order valence-electron chi connectivity index (χ3n) is 3.16. The number of aromatic amines is 1. The second-order valence-corrected chi connectivity index (χ2v) is 6.41. The predicted molar refractivity (Wildman–Crippen MR) is 73.1 cm³/mol. The highest BCUT2D eigenvalue weighted by atomic mass is 32.2. The molecule has 0 aliphatic heterocycles. The van der Waals surface area contributed by atoms with Crippen molar-refractivity contribution in [2.45, 2.75) is 24.9 Å². The molecule has 102 valence electrons. The Morgan fingerprint density at radius 3 is 2.42 bits per heavy atom. The van der Waals surface area contributed by atoms with Gasteiger partial charge in [0.05, 0.1) is 6.20 Å². The van der Waals surface area contributed by atoms with Gasteiger partial charge in [-0.2, -0.15) is 4.31 Å². The molecule has 5 nitrogen and oxygen atoms in total. The second kappa shape index (κ2) is 5.14. The quantitative estimate of drug-likeness (QED) is 0.932. The molecular formula is C13H17N3O2S. The number of hydrogen-bond donors (Lipinski definition) is 1. The van der Waals surface area contributed by atoms with E-state index in [0.717, 1.165) is 5.56 Å². The maximum atomic E-state index is 12.4. The molecule has 1 unspecified atom stereocenters. The number of sulfonamides is 1. The van der Waals surface area contributed by atoms with Crippen molar-refractivity contribution >= 4 is 10.0 Å². The third kappa shape index (κ3) is 2.69. The monoisotopic (exact) mass is 279 g/mol. The zero-order valence-corrected chi connectivity index (χ0v) is 12.0. The molecule has 1 aromatic carbocycles. The lowest BCUT2D eigenvalue weighted by atomic mass is 10.1. The van der Waals surface area contributed by atoms with Gasteiger partial charge in [-0.05, 0) is 19.4 Å². The highest BCUT2D eigenvalue weighted by molar-refractivity contribution is 7.89. The van der Waals surface area contributed by atoms with Crippen molar-refractivity contribution in [3.63, 3.8) is 0 Å². The first kappa shape index (κ1) is 13.8. The number of H-pyrrole nitrogens is 1. The molecule has 0 radical (unpaired) electrons. The molecule has 0 saturated carbocycles. The number of nitrogens with zero attached hydrogens (tertiary/aromatic N) is 2. The molecule has 1 heterocycles. The summed E-state index contributed by atoms with van der Waals surface area (Å²) in [5.74, 6) is 0.583. The minimum Gasteiger partial charge on any atom is -0.332 e. The summed E-state index contributed by atoms with van der Waals surface area (Å²) in [6.45, 7) is 3.58. The summed E-state index contributed by atoms with van der Waals surface area (Å²) in [6, 6.07) is 9.28. The van der Waals surface area contributed by atoms with Crippen molar-refractivity contribution in [1.29, 1.82) is 0 Å². The van der Waals surface area contributed by atoms with Crippen LogP contribution >= 0.6 is 0 Å². The van der Waals surface area contributed by atoms with Crippen LogP contribution in [0, 0.1) is 6.92 Å². The maximum Gasteiger partial charge on any atom is 0.260 e. The van der Waals surface area contributed by atoms with Crippen LogP contribution in [0.2, 0.25) is 0 Å². The smallest absolute Gasteiger partial charge is 0.260 e. The SMILES string of the molecule is Cc1ncc(S(=O)(=O)N(C)C(C)c2ccccc2)[nH]1. The Balaban J connectivity index is 2.31. The normalized spacial score (nSPS) is 13.7. The molecule has 0 aliphatic carbocycles. The Morgan fingerprint density at radius 1 is 1.26 bits per heavy atom. The first-order chi connectivity index (χ1) is 8.93. The van der Waals surface area contributed by atoms with Crippen LogP contribution in [0.1, 0.15) is 24.4 Å². The van der Waals surface area contributed by atoms with E-state index in [4.69, 9.17) is 0 Å². The largest absolute Gasteiger partial charge is 0.332 e. The molecule has 1 aromatic heterocycles. The van der Waals surface area contributed by atoms with Gasteiger partial charge in [-0.3, -0.25) is 0 Å². The van der Waals surface area contributed by atoms with Gasteiger partial charge in [0.2, 0.25) is 0 Å². The van der Waals surface area contributed by atoms with E-state index in [9.17, 15) is 8.42 Å². The van der Waals surface area contributed by atoms with Crippen molar-refractivity contribution in [1.82, 2.24) is 14.3 Å². The number of aryl methyl sites for hydroxylation is 1. The third-order valence-corrected chi connectivity index (χ3v) is 5.00. The fourth-order valence-corrected chi connectivity index (χ4v) is 3.15. The van der Waals surface area contributed by atoms with Crippen LogP contribution in [0.5, 0.6) is 0 Å². The fraction of sp³-hybridized carbons (Fsp3) is 0.308. The second-order valence-electron chi connectivity index (χ2n) is 4.44. The average Bonchev–Trinajstić information content (AvgIpc) is 2.85. The van der Waals surface area contributed by atoms with E-state index < -0.39 is 10.0 Å². The molecule has 0 aliphatic rings. The summed E-state index contributed by atoms with van der Waals surface area (Å²) in [6.07, 6.45) is 1.35. The van der Waals surface area contributed by atoms with Crippen LogP contribution in [0.4, 0.5) is 0 Å². The van der Waals surface area contributed by atoms with Crippen LogP contribution in [-0.4, -0.2) is 29.7 Å². The molecule has 0 saturated heterocycles. The summed E-state index contributed by atoms with van der Waals surface area (Å²) in [5, 5.41) is 0.121. The van der Waals surface area contributed by atoms with Crippen LogP contribution in [-0.2, 0) is 10.0 Å². The Morgan fingerprint density at radius 2 is 1.89 bits per heavy atom. The Kier molecular flexibility index (Phi) is 3.73. The fourth-order valence-electron chi connectivity index (χ4n) is 1.83. The zero-order valence-electron chi connectivity index (χ0n) is 11.2. The number of imidazole rings is 1. The van der Waals surface area contributed by atoms with E-state index in [0.29, 0.717) is 5.82 Å². The molecule has 1 atom stereocenters. The maximum absolute atomic E-state index is 12.4. The van der Waals surface area contributed by atoms with Gasteiger partial charge in [0, 0.05) is 13.1 Å². The highest BCUT2D eigenvalue weighted by Crippen LogP contribution is 2.24. The zero-order chi connectivity index (χ0) is 14.0. The van der Waals surface area contributed by atoms with Crippen LogP contribution in [0.25, 0.3) is 0 Å². The molecule has 1 N–H and O–H groups in total. The summed E-state index contributed by atoms with van der Waals surface area (Å²) in [4.78, 5) is 6.70. The lowest BCUT2D eigenvalue weighted by Crippen LogP contribution is -2.30. The predicted octanol–water partition coefficient (Wildman–Crippen LogP) is 2.10. The summed E-state index contributed by atoms with van der Waals surface area (Å²) in [7, 11) is -1.98. The summed E-state index contributed by atoms with van der Waals surface area (Å²) >= 11 is 0. The first-order valence-electron chi connectivity index (χ1n) is 5.97. The number of nitrogens with one attached hydrogen (secondary N) is 1. The molecule has 2 aromatic rings.